The highest BCUT2D eigenvalue weighted by Crippen LogP contribution is 2.36. The molecule has 3 N–H and O–H groups in total. The van der Waals surface area contributed by atoms with E-state index < -0.39 is 5.97 Å². The van der Waals surface area contributed by atoms with Crippen LogP contribution in [0, 0.1) is 19.8 Å². The number of carboxylic acids is 1. The summed E-state index contributed by atoms with van der Waals surface area (Å²) in [6.45, 7) is 7.84. The number of aromatic amines is 1. The molecule has 10 nitrogen and oxygen atoms in total. The lowest BCUT2D eigenvalue weighted by Gasteiger charge is -2.21. The molecule has 1 amide bonds. The highest BCUT2D eigenvalue weighted by atomic mass is 16.4. The molecule has 10 heteroatoms. The van der Waals surface area contributed by atoms with Crippen molar-refractivity contribution in [2.45, 2.75) is 39.8 Å². The van der Waals surface area contributed by atoms with Gasteiger partial charge in [0.2, 0.25) is 0 Å². The number of hydrogen-bond acceptors (Lipinski definition) is 6. The Balaban J connectivity index is 1.14. The molecule has 5 aromatic rings. The number of carbonyl (C=O) groups is 2. The van der Waals surface area contributed by atoms with Gasteiger partial charge in [0, 0.05) is 67.7 Å². The number of carbonyl (C=O) groups excluding carboxylic acids is 1. The normalized spacial score (nSPS) is 17.0. The van der Waals surface area contributed by atoms with Crippen molar-refractivity contribution in [3.63, 3.8) is 0 Å². The Morgan fingerprint density at radius 3 is 2.52 bits per heavy atom. The number of imidazole rings is 1. The van der Waals surface area contributed by atoms with E-state index in [-0.39, 0.29) is 11.8 Å². The number of aromatic nitrogens is 4. The minimum atomic E-state index is -0.722. The monoisotopic (exact) mass is 617 g/mol. The summed E-state index contributed by atoms with van der Waals surface area (Å²) in [7, 11) is 4.00. The van der Waals surface area contributed by atoms with E-state index in [9.17, 15) is 14.7 Å². The standard InChI is InChI=1S/C36H39N7O3/c1-21-26(27-8-6-10-29(22(27)2)40-35(44)34-39-31-20-41(3)15-14-32(31)42(34)4)7-5-9-28(21)30-17-23-11-12-25(37-33(23)38-30)19-43-16-13-24(18-43)36(45)46/h5-12,17,24H,13-16,18-20H2,1-4H3,(H,37,38)(H,40,44)(H,45,46)/t24-/m1/s1. The molecule has 2 aromatic carbocycles. The zero-order valence-electron chi connectivity index (χ0n) is 26.7. The van der Waals surface area contributed by atoms with Crippen molar-refractivity contribution in [2.75, 3.05) is 32.0 Å². The van der Waals surface area contributed by atoms with E-state index in [2.05, 4.69) is 70.5 Å². The molecule has 236 valence electrons. The number of amides is 1. The number of nitrogens with one attached hydrogen (secondary N) is 2. The van der Waals surface area contributed by atoms with E-state index in [4.69, 9.17) is 9.97 Å². The molecular weight excluding hydrogens is 578 g/mol. The van der Waals surface area contributed by atoms with Gasteiger partial charge in [-0.15, -0.1) is 0 Å². The van der Waals surface area contributed by atoms with Crippen LogP contribution in [0.4, 0.5) is 5.69 Å². The molecule has 5 heterocycles. The predicted octanol–water partition coefficient (Wildman–Crippen LogP) is 5.39. The van der Waals surface area contributed by atoms with Crippen molar-refractivity contribution in [2.24, 2.45) is 13.0 Å². The zero-order chi connectivity index (χ0) is 32.1. The van der Waals surface area contributed by atoms with Gasteiger partial charge in [-0.2, -0.15) is 0 Å². The highest BCUT2D eigenvalue weighted by molar-refractivity contribution is 6.03. The first-order valence-electron chi connectivity index (χ1n) is 15.8. The van der Waals surface area contributed by atoms with E-state index >= 15 is 0 Å². The van der Waals surface area contributed by atoms with Gasteiger partial charge in [-0.05, 0) is 80.4 Å². The van der Waals surface area contributed by atoms with Crippen LogP contribution >= 0.6 is 0 Å². The van der Waals surface area contributed by atoms with Gasteiger partial charge in [0.05, 0.1) is 17.3 Å². The average Bonchev–Trinajstić information content (AvgIpc) is 3.76. The summed E-state index contributed by atoms with van der Waals surface area (Å²) in [5.74, 6) is -0.796. The van der Waals surface area contributed by atoms with Gasteiger partial charge in [0.1, 0.15) is 5.65 Å². The number of likely N-dealkylation sites (tertiary alicyclic amines) is 1. The van der Waals surface area contributed by atoms with Crippen molar-refractivity contribution < 1.29 is 14.7 Å². The summed E-state index contributed by atoms with van der Waals surface area (Å²) >= 11 is 0. The zero-order valence-corrected chi connectivity index (χ0v) is 26.7. The molecule has 0 radical (unpaired) electrons. The molecule has 0 bridgehead atoms. The Morgan fingerprint density at radius 1 is 0.978 bits per heavy atom. The van der Waals surface area contributed by atoms with Crippen molar-refractivity contribution in [1.29, 1.82) is 0 Å². The van der Waals surface area contributed by atoms with E-state index in [1.54, 1.807) is 0 Å². The van der Waals surface area contributed by atoms with Crippen LogP contribution in [0.15, 0.2) is 54.6 Å². The van der Waals surface area contributed by atoms with E-state index in [1.165, 1.54) is 0 Å². The van der Waals surface area contributed by atoms with Crippen LogP contribution in [-0.4, -0.2) is 73.0 Å². The van der Waals surface area contributed by atoms with Crippen molar-refractivity contribution in [1.82, 2.24) is 29.3 Å². The lowest BCUT2D eigenvalue weighted by atomic mass is 9.92. The number of H-pyrrole nitrogens is 1. The van der Waals surface area contributed by atoms with Crippen LogP contribution in [0.2, 0.25) is 0 Å². The number of carboxylic acid groups (broad SMARTS) is 1. The number of hydrogen-bond donors (Lipinski definition) is 3. The van der Waals surface area contributed by atoms with Crippen LogP contribution in [0.25, 0.3) is 33.4 Å². The smallest absolute Gasteiger partial charge is 0.307 e. The minimum absolute atomic E-state index is 0.207. The number of rotatable bonds is 7. The van der Waals surface area contributed by atoms with Crippen LogP contribution in [0.1, 0.15) is 45.2 Å². The Bertz CT molecular complexity index is 1990. The van der Waals surface area contributed by atoms with Gasteiger partial charge in [0.15, 0.2) is 5.82 Å². The molecule has 0 saturated carbocycles. The molecule has 2 aliphatic rings. The molecular formula is C36H39N7O3. The predicted molar refractivity (Wildman–Crippen MR) is 179 cm³/mol. The van der Waals surface area contributed by atoms with E-state index in [0.29, 0.717) is 25.3 Å². The number of nitrogens with zero attached hydrogens (tertiary/aromatic N) is 5. The molecule has 2 aliphatic heterocycles. The number of aliphatic carboxylic acids is 1. The molecule has 0 unspecified atom stereocenters. The first kappa shape index (κ1) is 29.9. The van der Waals surface area contributed by atoms with Crippen LogP contribution in [0.5, 0.6) is 0 Å². The fourth-order valence-corrected chi connectivity index (χ4v) is 7.01. The third kappa shape index (κ3) is 5.48. The maximum atomic E-state index is 13.4. The highest BCUT2D eigenvalue weighted by Gasteiger charge is 2.28. The summed E-state index contributed by atoms with van der Waals surface area (Å²) in [5.41, 5.74) is 10.9. The first-order chi connectivity index (χ1) is 22.2. The molecule has 1 saturated heterocycles. The largest absolute Gasteiger partial charge is 0.481 e. The number of anilines is 1. The number of benzene rings is 2. The SMILES string of the molecule is Cc1c(NC(=O)c2nc3c(n2C)CCN(C)C3)cccc1-c1cccc(-c2cc3ccc(CN4CC[C@@H](C(=O)O)C4)nc3[nH]2)c1C. The Labute approximate surface area is 268 Å². The van der Waals surface area contributed by atoms with Gasteiger partial charge in [0.25, 0.3) is 5.91 Å². The molecule has 0 spiro atoms. The van der Waals surface area contributed by atoms with Gasteiger partial charge < -0.3 is 24.9 Å². The molecule has 0 aliphatic carbocycles. The van der Waals surface area contributed by atoms with Crippen molar-refractivity contribution >= 4 is 28.6 Å². The second-order valence-electron chi connectivity index (χ2n) is 12.8. The lowest BCUT2D eigenvalue weighted by Crippen LogP contribution is -2.27. The lowest BCUT2D eigenvalue weighted by molar-refractivity contribution is -0.141. The third-order valence-corrected chi connectivity index (χ3v) is 9.69. The van der Waals surface area contributed by atoms with Crippen LogP contribution in [-0.2, 0) is 31.4 Å². The van der Waals surface area contributed by atoms with Gasteiger partial charge in [-0.25, -0.2) is 9.97 Å². The fraction of sp³-hybridized carbons (Fsp3) is 0.333. The Kier molecular flexibility index (Phi) is 7.70. The van der Waals surface area contributed by atoms with E-state index in [0.717, 1.165) is 93.4 Å². The minimum Gasteiger partial charge on any atom is -0.481 e. The van der Waals surface area contributed by atoms with Crippen molar-refractivity contribution in [3.05, 3.63) is 88.6 Å². The fourth-order valence-electron chi connectivity index (χ4n) is 7.01. The maximum absolute atomic E-state index is 13.4. The van der Waals surface area contributed by atoms with Gasteiger partial charge in [-0.3, -0.25) is 14.5 Å². The third-order valence-electron chi connectivity index (χ3n) is 9.69. The van der Waals surface area contributed by atoms with Gasteiger partial charge >= 0.3 is 5.97 Å². The van der Waals surface area contributed by atoms with Crippen molar-refractivity contribution in [3.8, 4) is 22.4 Å². The average molecular weight is 618 g/mol. The first-order valence-corrected chi connectivity index (χ1v) is 15.8. The molecule has 46 heavy (non-hydrogen) atoms. The Hall–Kier alpha value is -4.80. The summed E-state index contributed by atoms with van der Waals surface area (Å²) in [6, 6.07) is 18.5. The maximum Gasteiger partial charge on any atom is 0.307 e. The summed E-state index contributed by atoms with van der Waals surface area (Å²) < 4.78 is 1.93. The molecule has 3 aromatic heterocycles. The molecule has 1 fully saturated rings. The summed E-state index contributed by atoms with van der Waals surface area (Å²) in [6.07, 6.45) is 1.56. The quantitative estimate of drug-likeness (QED) is 0.224. The number of fused-ring (bicyclic) bond motifs is 2. The topological polar surface area (TPSA) is 119 Å². The second kappa shape index (κ2) is 11.9. The number of likely N-dealkylation sites (N-methyl/N-ethyl adjacent to an activating group) is 1. The number of pyridine rings is 1. The summed E-state index contributed by atoms with van der Waals surface area (Å²) in [4.78, 5) is 42.3. The molecule has 7 rings (SSSR count). The Morgan fingerprint density at radius 2 is 1.74 bits per heavy atom. The second-order valence-corrected chi connectivity index (χ2v) is 12.8. The van der Waals surface area contributed by atoms with Crippen LogP contribution < -0.4 is 5.32 Å². The summed E-state index contributed by atoms with van der Waals surface area (Å²) in [5, 5.41) is 13.5. The molecule has 1 atom stereocenters. The van der Waals surface area contributed by atoms with Gasteiger partial charge in [-0.1, -0.05) is 30.3 Å². The van der Waals surface area contributed by atoms with E-state index in [1.807, 2.05) is 36.7 Å². The van der Waals surface area contributed by atoms with Crippen LogP contribution in [0.3, 0.4) is 0 Å².